The third-order valence-corrected chi connectivity index (χ3v) is 5.04. The monoisotopic (exact) mass is 318 g/mol. The van der Waals surface area contributed by atoms with Crippen molar-refractivity contribution in [3.05, 3.63) is 54.9 Å². The fourth-order valence-corrected chi connectivity index (χ4v) is 3.99. The van der Waals surface area contributed by atoms with Gasteiger partial charge in [0.25, 0.3) is 0 Å². The molecule has 2 atom stereocenters. The maximum atomic E-state index is 4.58. The van der Waals surface area contributed by atoms with Gasteiger partial charge in [-0.15, -0.1) is 0 Å². The summed E-state index contributed by atoms with van der Waals surface area (Å²) in [6.45, 7) is 3.05. The van der Waals surface area contributed by atoms with Crippen LogP contribution in [0.5, 0.6) is 0 Å². The molecule has 120 valence electrons. The van der Waals surface area contributed by atoms with Crippen LogP contribution in [0.4, 0.5) is 5.82 Å². The predicted molar refractivity (Wildman–Crippen MR) is 91.5 cm³/mol. The second kappa shape index (κ2) is 5.49. The zero-order valence-corrected chi connectivity index (χ0v) is 13.3. The molecular weight excluding hydrogens is 300 g/mol. The number of rotatable bonds is 3. The molecule has 3 saturated heterocycles. The van der Waals surface area contributed by atoms with Crippen molar-refractivity contribution in [3.8, 4) is 0 Å². The summed E-state index contributed by atoms with van der Waals surface area (Å²) in [5.74, 6) is 1.06. The Kier molecular flexibility index (Phi) is 3.16. The van der Waals surface area contributed by atoms with Crippen molar-refractivity contribution in [1.82, 2.24) is 24.8 Å². The minimum Gasteiger partial charge on any atom is -0.347 e. The van der Waals surface area contributed by atoms with Crippen molar-refractivity contribution in [2.45, 2.75) is 25.0 Å². The third-order valence-electron chi connectivity index (χ3n) is 5.04. The topological polar surface area (TPSA) is 58.0 Å². The highest BCUT2D eigenvalue weighted by Gasteiger charge is 2.45. The minimum absolute atomic E-state index is 0.527. The van der Waals surface area contributed by atoms with Crippen molar-refractivity contribution in [1.29, 1.82) is 0 Å². The molecule has 3 aliphatic heterocycles. The van der Waals surface area contributed by atoms with Crippen molar-refractivity contribution >= 4 is 16.7 Å². The Morgan fingerprint density at radius 2 is 1.92 bits per heavy atom. The molecule has 0 aromatic carbocycles. The number of aromatic nitrogens is 4. The van der Waals surface area contributed by atoms with E-state index in [0.29, 0.717) is 12.1 Å². The van der Waals surface area contributed by atoms with Gasteiger partial charge in [-0.3, -0.25) is 14.9 Å². The number of hydrogen-bond donors (Lipinski definition) is 0. The smallest absolute Gasteiger partial charge is 0.140 e. The molecule has 6 nitrogen and oxygen atoms in total. The molecule has 0 aliphatic carbocycles. The van der Waals surface area contributed by atoms with Crippen LogP contribution < -0.4 is 4.90 Å². The first-order valence-electron chi connectivity index (χ1n) is 8.34. The van der Waals surface area contributed by atoms with Gasteiger partial charge in [-0.1, -0.05) is 6.07 Å². The van der Waals surface area contributed by atoms with Gasteiger partial charge in [-0.25, -0.2) is 9.97 Å². The third kappa shape index (κ3) is 2.22. The van der Waals surface area contributed by atoms with Crippen LogP contribution in [0.15, 0.2) is 49.2 Å². The SMILES string of the molecule is c1ccc(CN2CC3CC(C2)N3c2ncnc3cnccc23)nc1. The molecule has 6 rings (SSSR count). The van der Waals surface area contributed by atoms with E-state index in [1.54, 1.807) is 6.33 Å². The molecule has 3 fully saturated rings. The molecule has 0 saturated carbocycles. The molecule has 2 unspecified atom stereocenters. The summed E-state index contributed by atoms with van der Waals surface area (Å²) in [4.78, 5) is 22.5. The van der Waals surface area contributed by atoms with E-state index in [0.717, 1.165) is 42.0 Å². The molecule has 0 amide bonds. The Bertz CT molecular complexity index is 850. The fraction of sp³-hybridized carbons (Fsp3) is 0.333. The lowest BCUT2D eigenvalue weighted by atomic mass is 9.87. The fourth-order valence-electron chi connectivity index (χ4n) is 3.99. The Morgan fingerprint density at radius 3 is 2.75 bits per heavy atom. The van der Waals surface area contributed by atoms with Gasteiger partial charge in [0, 0.05) is 49.5 Å². The van der Waals surface area contributed by atoms with E-state index in [2.05, 4.69) is 41.9 Å². The van der Waals surface area contributed by atoms with E-state index in [1.807, 2.05) is 30.7 Å². The van der Waals surface area contributed by atoms with E-state index >= 15 is 0 Å². The predicted octanol–water partition coefficient (Wildman–Crippen LogP) is 1.88. The van der Waals surface area contributed by atoms with E-state index in [9.17, 15) is 0 Å². The van der Waals surface area contributed by atoms with Crippen LogP contribution in [0.2, 0.25) is 0 Å². The Balaban J connectivity index is 1.38. The zero-order valence-electron chi connectivity index (χ0n) is 13.3. The van der Waals surface area contributed by atoms with E-state index in [1.165, 1.54) is 6.42 Å². The number of nitrogens with zero attached hydrogens (tertiary/aromatic N) is 6. The summed E-state index contributed by atoms with van der Waals surface area (Å²) in [5, 5.41) is 1.10. The Hall–Kier alpha value is -2.60. The van der Waals surface area contributed by atoms with Gasteiger partial charge in [0.2, 0.25) is 0 Å². The van der Waals surface area contributed by atoms with Crippen LogP contribution >= 0.6 is 0 Å². The maximum absolute atomic E-state index is 4.58. The number of fused-ring (bicyclic) bond motifs is 3. The molecule has 2 bridgehead atoms. The van der Waals surface area contributed by atoms with Gasteiger partial charge in [0.15, 0.2) is 0 Å². The standard InChI is InChI=1S/C18H18N6/c1-2-5-20-13(3-1)9-23-10-14-7-15(11-23)24(14)18-16-4-6-19-8-17(16)21-12-22-18/h1-6,8,12,14-15H,7,9-11H2. The van der Waals surface area contributed by atoms with Gasteiger partial charge in [-0.05, 0) is 24.6 Å². The minimum atomic E-state index is 0.527. The molecular formula is C18H18N6. The van der Waals surface area contributed by atoms with Crippen molar-refractivity contribution in [2.75, 3.05) is 18.0 Å². The highest BCUT2D eigenvalue weighted by molar-refractivity contribution is 5.89. The van der Waals surface area contributed by atoms with Crippen LogP contribution in [0.25, 0.3) is 10.9 Å². The maximum Gasteiger partial charge on any atom is 0.140 e. The van der Waals surface area contributed by atoms with Gasteiger partial charge < -0.3 is 4.90 Å². The first-order chi connectivity index (χ1) is 11.9. The van der Waals surface area contributed by atoms with Gasteiger partial charge in [-0.2, -0.15) is 0 Å². The second-order valence-corrected chi connectivity index (χ2v) is 6.56. The number of anilines is 1. The molecule has 0 radical (unpaired) electrons. The molecule has 24 heavy (non-hydrogen) atoms. The number of piperazine rings is 1. The summed E-state index contributed by atoms with van der Waals surface area (Å²) in [6.07, 6.45) is 8.39. The summed E-state index contributed by atoms with van der Waals surface area (Å²) in [5.41, 5.74) is 2.06. The Labute approximate surface area is 140 Å². The summed E-state index contributed by atoms with van der Waals surface area (Å²) in [7, 11) is 0. The first-order valence-corrected chi connectivity index (χ1v) is 8.34. The quantitative estimate of drug-likeness (QED) is 0.735. The highest BCUT2D eigenvalue weighted by Crippen LogP contribution is 2.38. The van der Waals surface area contributed by atoms with Crippen molar-refractivity contribution < 1.29 is 0 Å². The number of pyridine rings is 2. The first kappa shape index (κ1) is 13.8. The average molecular weight is 318 g/mol. The average Bonchev–Trinajstić information content (AvgIpc) is 2.63. The molecule has 6 heteroatoms. The van der Waals surface area contributed by atoms with Crippen LogP contribution in [0, 0.1) is 0 Å². The van der Waals surface area contributed by atoms with Crippen molar-refractivity contribution in [2.24, 2.45) is 0 Å². The van der Waals surface area contributed by atoms with Crippen LogP contribution in [0.3, 0.4) is 0 Å². The zero-order chi connectivity index (χ0) is 15.9. The van der Waals surface area contributed by atoms with E-state index in [-0.39, 0.29) is 0 Å². The molecule has 3 aromatic rings. The lowest BCUT2D eigenvalue weighted by Crippen LogP contribution is -2.69. The summed E-state index contributed by atoms with van der Waals surface area (Å²) < 4.78 is 0. The van der Waals surface area contributed by atoms with Crippen LogP contribution in [0.1, 0.15) is 12.1 Å². The normalized spacial score (nSPS) is 23.2. The molecule has 6 heterocycles. The summed E-state index contributed by atoms with van der Waals surface area (Å²) >= 11 is 0. The number of piperidine rings is 1. The largest absolute Gasteiger partial charge is 0.347 e. The molecule has 0 spiro atoms. The summed E-state index contributed by atoms with van der Waals surface area (Å²) in [6, 6.07) is 9.19. The lowest BCUT2D eigenvalue weighted by molar-refractivity contribution is 0.107. The van der Waals surface area contributed by atoms with Gasteiger partial charge in [0.1, 0.15) is 12.1 Å². The molecule has 0 N–H and O–H groups in total. The van der Waals surface area contributed by atoms with E-state index < -0.39 is 0 Å². The van der Waals surface area contributed by atoms with Crippen LogP contribution in [-0.4, -0.2) is 50.0 Å². The van der Waals surface area contributed by atoms with Crippen LogP contribution in [-0.2, 0) is 6.54 Å². The lowest BCUT2D eigenvalue weighted by Gasteiger charge is -2.57. The second-order valence-electron chi connectivity index (χ2n) is 6.56. The van der Waals surface area contributed by atoms with Gasteiger partial charge >= 0.3 is 0 Å². The van der Waals surface area contributed by atoms with Crippen molar-refractivity contribution in [3.63, 3.8) is 0 Å². The molecule has 3 aliphatic rings. The Morgan fingerprint density at radius 1 is 1.00 bits per heavy atom. The molecule has 3 aromatic heterocycles. The van der Waals surface area contributed by atoms with E-state index in [4.69, 9.17) is 0 Å². The van der Waals surface area contributed by atoms with Gasteiger partial charge in [0.05, 0.1) is 17.4 Å². The highest BCUT2D eigenvalue weighted by atomic mass is 15.4. The number of hydrogen-bond acceptors (Lipinski definition) is 6.